The molecule has 0 atom stereocenters. The molecule has 0 aliphatic rings. The third-order valence-electron chi connectivity index (χ3n) is 2.74. The Labute approximate surface area is 120 Å². The van der Waals surface area contributed by atoms with Crippen molar-refractivity contribution in [1.82, 2.24) is 9.78 Å². The van der Waals surface area contributed by atoms with Gasteiger partial charge in [-0.2, -0.15) is 10.4 Å². The monoisotopic (exact) mass is 317 g/mol. The van der Waals surface area contributed by atoms with E-state index in [0.29, 0.717) is 5.57 Å². The number of ether oxygens (including phenoxy) is 1. The quantitative estimate of drug-likeness (QED) is 0.816. The van der Waals surface area contributed by atoms with Crippen molar-refractivity contribution in [1.29, 1.82) is 5.26 Å². The number of halogens is 1. The topological polar surface area (TPSA) is 50.8 Å². The van der Waals surface area contributed by atoms with Crippen LogP contribution in [0.4, 0.5) is 0 Å². The highest BCUT2D eigenvalue weighted by Crippen LogP contribution is 2.24. The number of methoxy groups -OCH3 is 1. The highest BCUT2D eigenvalue weighted by atomic mass is 79.9. The molecule has 0 aliphatic heterocycles. The summed E-state index contributed by atoms with van der Waals surface area (Å²) in [7, 11) is 3.45. The van der Waals surface area contributed by atoms with Crippen molar-refractivity contribution in [3.63, 3.8) is 0 Å². The zero-order valence-corrected chi connectivity index (χ0v) is 12.2. The summed E-state index contributed by atoms with van der Waals surface area (Å²) < 4.78 is 7.67. The second-order valence-electron chi connectivity index (χ2n) is 3.90. The molecule has 0 fully saturated rings. The summed E-state index contributed by atoms with van der Waals surface area (Å²) in [5.41, 5.74) is 2.27. The maximum absolute atomic E-state index is 9.29. The number of aryl methyl sites for hydroxylation is 1. The average Bonchev–Trinajstić information content (AvgIpc) is 2.76. The van der Waals surface area contributed by atoms with Crippen molar-refractivity contribution in [3.05, 3.63) is 46.2 Å². The van der Waals surface area contributed by atoms with Crippen molar-refractivity contribution in [3.8, 4) is 11.8 Å². The zero-order valence-electron chi connectivity index (χ0n) is 10.6. The van der Waals surface area contributed by atoms with Crippen LogP contribution in [0.3, 0.4) is 0 Å². The fraction of sp³-hybridized carbons (Fsp3) is 0.143. The van der Waals surface area contributed by atoms with E-state index in [1.807, 2.05) is 31.3 Å². The first-order chi connectivity index (χ1) is 9.15. The summed E-state index contributed by atoms with van der Waals surface area (Å²) in [5.74, 6) is 0.766. The van der Waals surface area contributed by atoms with Crippen LogP contribution in [0.15, 0.2) is 34.9 Å². The van der Waals surface area contributed by atoms with Gasteiger partial charge in [0.05, 0.1) is 35.1 Å². The Hall–Kier alpha value is -2.06. The van der Waals surface area contributed by atoms with Crippen LogP contribution in [0.1, 0.15) is 11.3 Å². The van der Waals surface area contributed by atoms with Crippen LogP contribution >= 0.6 is 15.9 Å². The molecule has 4 nitrogen and oxygen atoms in total. The highest BCUT2D eigenvalue weighted by Gasteiger charge is 2.07. The van der Waals surface area contributed by atoms with Crippen LogP contribution < -0.4 is 4.74 Å². The largest absolute Gasteiger partial charge is 0.497 e. The first kappa shape index (κ1) is 13.4. The molecule has 5 heteroatoms. The molecule has 0 aliphatic carbocycles. The molecular weight excluding hydrogens is 306 g/mol. The summed E-state index contributed by atoms with van der Waals surface area (Å²) in [6, 6.07) is 9.59. The fourth-order valence-electron chi connectivity index (χ4n) is 1.67. The summed E-state index contributed by atoms with van der Waals surface area (Å²) >= 11 is 3.41. The number of nitriles is 1. The Morgan fingerprint density at radius 1 is 1.42 bits per heavy atom. The van der Waals surface area contributed by atoms with Gasteiger partial charge in [-0.15, -0.1) is 0 Å². The first-order valence-electron chi connectivity index (χ1n) is 5.59. The van der Waals surface area contributed by atoms with Crippen LogP contribution in [-0.2, 0) is 7.05 Å². The number of rotatable bonds is 3. The normalized spacial score (nSPS) is 11.2. The Morgan fingerprint density at radius 3 is 2.58 bits per heavy atom. The molecule has 96 valence electrons. The van der Waals surface area contributed by atoms with E-state index in [4.69, 9.17) is 4.74 Å². The predicted molar refractivity (Wildman–Crippen MR) is 77.4 cm³/mol. The number of hydrogen-bond donors (Lipinski definition) is 0. The maximum atomic E-state index is 9.29. The van der Waals surface area contributed by atoms with Gasteiger partial charge >= 0.3 is 0 Å². The van der Waals surface area contributed by atoms with Crippen molar-refractivity contribution in [2.24, 2.45) is 7.05 Å². The van der Waals surface area contributed by atoms with Gasteiger partial charge in [0.15, 0.2) is 0 Å². The molecule has 1 aromatic carbocycles. The van der Waals surface area contributed by atoms with Gasteiger partial charge in [0.2, 0.25) is 0 Å². The summed E-state index contributed by atoms with van der Waals surface area (Å²) in [6.07, 6.45) is 3.51. The molecule has 2 aromatic rings. The van der Waals surface area contributed by atoms with Gasteiger partial charge in [0.25, 0.3) is 0 Å². The Balaban J connectivity index is 2.42. The van der Waals surface area contributed by atoms with Gasteiger partial charge in [-0.25, -0.2) is 0 Å². The summed E-state index contributed by atoms with van der Waals surface area (Å²) in [6.45, 7) is 0. The number of benzene rings is 1. The Kier molecular flexibility index (Phi) is 4.03. The molecular formula is C14H12BrN3O. The molecule has 0 N–H and O–H groups in total. The lowest BCUT2D eigenvalue weighted by atomic mass is 10.1. The predicted octanol–water partition coefficient (Wildman–Crippen LogP) is 3.26. The van der Waals surface area contributed by atoms with Crippen LogP contribution in [-0.4, -0.2) is 16.9 Å². The van der Waals surface area contributed by atoms with Crippen LogP contribution in [0.5, 0.6) is 5.75 Å². The smallest absolute Gasteiger partial charge is 0.118 e. The van der Waals surface area contributed by atoms with E-state index in [0.717, 1.165) is 21.5 Å². The molecule has 0 radical (unpaired) electrons. The van der Waals surface area contributed by atoms with Crippen molar-refractivity contribution < 1.29 is 4.74 Å². The minimum absolute atomic E-state index is 0.576. The van der Waals surface area contributed by atoms with E-state index in [1.54, 1.807) is 24.1 Å². The molecule has 0 amide bonds. The average molecular weight is 318 g/mol. The zero-order chi connectivity index (χ0) is 13.8. The molecule has 1 aromatic heterocycles. The van der Waals surface area contributed by atoms with E-state index >= 15 is 0 Å². The third kappa shape index (κ3) is 2.85. The van der Waals surface area contributed by atoms with Gasteiger partial charge in [0, 0.05) is 7.05 Å². The minimum atomic E-state index is 0.576. The van der Waals surface area contributed by atoms with Gasteiger partial charge in [-0.05, 0) is 51.8 Å². The molecule has 0 saturated carbocycles. The Bertz CT molecular complexity index is 631. The minimum Gasteiger partial charge on any atom is -0.497 e. The fourth-order valence-corrected chi connectivity index (χ4v) is 2.13. The molecule has 0 spiro atoms. The van der Waals surface area contributed by atoms with Gasteiger partial charge in [0.1, 0.15) is 5.75 Å². The molecule has 19 heavy (non-hydrogen) atoms. The number of nitrogens with zero attached hydrogens (tertiary/aromatic N) is 3. The second kappa shape index (κ2) is 5.72. The molecule has 0 bridgehead atoms. The number of aromatic nitrogens is 2. The molecule has 0 saturated heterocycles. The highest BCUT2D eigenvalue weighted by molar-refractivity contribution is 9.10. The first-order valence-corrected chi connectivity index (χ1v) is 6.38. The second-order valence-corrected chi connectivity index (χ2v) is 4.75. The van der Waals surface area contributed by atoms with Gasteiger partial charge in [-0.3, -0.25) is 4.68 Å². The van der Waals surface area contributed by atoms with Crippen LogP contribution in [0, 0.1) is 11.3 Å². The van der Waals surface area contributed by atoms with Crippen molar-refractivity contribution in [2.75, 3.05) is 7.11 Å². The van der Waals surface area contributed by atoms with Crippen LogP contribution in [0.2, 0.25) is 0 Å². The lowest BCUT2D eigenvalue weighted by molar-refractivity contribution is 0.415. The SMILES string of the molecule is COc1ccc(/C(C#N)=C/c2c(Br)cnn2C)cc1. The number of allylic oxidation sites excluding steroid dienone is 1. The van der Waals surface area contributed by atoms with Crippen LogP contribution in [0.25, 0.3) is 11.6 Å². The molecule has 0 unspecified atom stereocenters. The standard InChI is InChI=1S/C14H12BrN3O/c1-18-14(13(15)9-17-18)7-11(8-16)10-3-5-12(19-2)6-4-10/h3-7,9H,1-2H3/b11-7+. The van der Waals surface area contributed by atoms with E-state index in [2.05, 4.69) is 27.1 Å². The van der Waals surface area contributed by atoms with E-state index in [-0.39, 0.29) is 0 Å². The van der Waals surface area contributed by atoms with Gasteiger partial charge in [-0.1, -0.05) is 0 Å². The summed E-state index contributed by atoms with van der Waals surface area (Å²) in [4.78, 5) is 0. The Morgan fingerprint density at radius 2 is 2.11 bits per heavy atom. The van der Waals surface area contributed by atoms with E-state index in [1.165, 1.54) is 0 Å². The van der Waals surface area contributed by atoms with E-state index < -0.39 is 0 Å². The van der Waals surface area contributed by atoms with Gasteiger partial charge < -0.3 is 4.74 Å². The summed E-state index contributed by atoms with van der Waals surface area (Å²) in [5, 5.41) is 13.4. The maximum Gasteiger partial charge on any atom is 0.118 e. The lowest BCUT2D eigenvalue weighted by Gasteiger charge is -2.03. The molecule has 1 heterocycles. The van der Waals surface area contributed by atoms with E-state index in [9.17, 15) is 5.26 Å². The third-order valence-corrected chi connectivity index (χ3v) is 3.35. The number of hydrogen-bond acceptors (Lipinski definition) is 3. The van der Waals surface area contributed by atoms with Crippen molar-refractivity contribution >= 4 is 27.6 Å². The lowest BCUT2D eigenvalue weighted by Crippen LogP contribution is -1.94. The molecule has 2 rings (SSSR count). The van der Waals surface area contributed by atoms with Crippen molar-refractivity contribution in [2.45, 2.75) is 0 Å².